The van der Waals surface area contributed by atoms with E-state index in [1.54, 1.807) is 0 Å². The first-order valence-electron chi connectivity index (χ1n) is 5.85. The molecule has 0 aliphatic carbocycles. The Kier molecular flexibility index (Phi) is 4.00. The van der Waals surface area contributed by atoms with Crippen molar-refractivity contribution >= 4 is 15.9 Å². The lowest BCUT2D eigenvalue weighted by Gasteiger charge is -2.19. The minimum absolute atomic E-state index is 0.435. The number of rotatable bonds is 3. The molecule has 1 heterocycles. The van der Waals surface area contributed by atoms with Gasteiger partial charge in [0.15, 0.2) is 0 Å². The van der Waals surface area contributed by atoms with Gasteiger partial charge in [0.05, 0.1) is 0 Å². The third-order valence-corrected chi connectivity index (χ3v) is 3.78. The molecule has 16 heavy (non-hydrogen) atoms. The molecule has 0 bridgehead atoms. The number of halogens is 1. The molecule has 0 saturated carbocycles. The third kappa shape index (κ3) is 3.06. The fourth-order valence-corrected chi connectivity index (χ4v) is 2.54. The molecule has 2 atom stereocenters. The second kappa shape index (κ2) is 5.30. The number of benzene rings is 1. The van der Waals surface area contributed by atoms with Gasteiger partial charge in [-0.25, -0.2) is 0 Å². The number of hydrogen-bond acceptors (Lipinski definition) is 2. The zero-order valence-electron chi connectivity index (χ0n) is 9.91. The Hall–Kier alpha value is -0.380. The summed E-state index contributed by atoms with van der Waals surface area (Å²) in [7, 11) is 2.19. The lowest BCUT2D eigenvalue weighted by atomic mass is 10.1. The summed E-state index contributed by atoms with van der Waals surface area (Å²) < 4.78 is 1.14. The summed E-state index contributed by atoms with van der Waals surface area (Å²) in [5, 5.41) is 3.69. The van der Waals surface area contributed by atoms with Gasteiger partial charge in [-0.05, 0) is 44.6 Å². The Morgan fingerprint density at radius 3 is 2.62 bits per heavy atom. The van der Waals surface area contributed by atoms with Crippen molar-refractivity contribution in [2.24, 2.45) is 0 Å². The van der Waals surface area contributed by atoms with Crippen LogP contribution in [0.25, 0.3) is 0 Å². The fourth-order valence-electron chi connectivity index (χ4n) is 2.27. The highest BCUT2D eigenvalue weighted by molar-refractivity contribution is 9.10. The Labute approximate surface area is 106 Å². The lowest BCUT2D eigenvalue weighted by Crippen LogP contribution is -2.33. The van der Waals surface area contributed by atoms with Gasteiger partial charge in [-0.2, -0.15) is 0 Å². The molecule has 88 valence electrons. The van der Waals surface area contributed by atoms with E-state index in [4.69, 9.17) is 0 Å². The summed E-state index contributed by atoms with van der Waals surface area (Å²) in [6, 6.07) is 9.65. The molecule has 1 saturated heterocycles. The van der Waals surface area contributed by atoms with Crippen molar-refractivity contribution in [3.05, 3.63) is 34.3 Å². The van der Waals surface area contributed by atoms with E-state index in [0.29, 0.717) is 12.1 Å². The molecule has 0 spiro atoms. The number of nitrogens with one attached hydrogen (secondary N) is 1. The highest BCUT2D eigenvalue weighted by Crippen LogP contribution is 2.18. The molecule has 1 unspecified atom stereocenters. The molecule has 1 N–H and O–H groups in total. The van der Waals surface area contributed by atoms with E-state index in [-0.39, 0.29) is 0 Å². The maximum absolute atomic E-state index is 3.69. The largest absolute Gasteiger partial charge is 0.306 e. The van der Waals surface area contributed by atoms with E-state index in [2.05, 4.69) is 64.4 Å². The number of nitrogens with zero attached hydrogens (tertiary/aromatic N) is 1. The van der Waals surface area contributed by atoms with Crippen LogP contribution in [-0.2, 0) is 0 Å². The van der Waals surface area contributed by atoms with Crippen LogP contribution in [-0.4, -0.2) is 31.1 Å². The molecule has 1 fully saturated rings. The molecule has 3 heteroatoms. The predicted octanol–water partition coefficient (Wildman–Crippen LogP) is 2.80. The Bertz CT molecular complexity index is 336. The Morgan fingerprint density at radius 1 is 1.38 bits per heavy atom. The van der Waals surface area contributed by atoms with Gasteiger partial charge in [0.25, 0.3) is 0 Å². The highest BCUT2D eigenvalue weighted by atomic mass is 79.9. The van der Waals surface area contributed by atoms with Gasteiger partial charge in [-0.15, -0.1) is 0 Å². The highest BCUT2D eigenvalue weighted by Gasteiger charge is 2.20. The maximum Gasteiger partial charge on any atom is 0.0294 e. The molecule has 0 aromatic heterocycles. The summed E-state index contributed by atoms with van der Waals surface area (Å²) in [6.45, 7) is 4.62. The smallest absolute Gasteiger partial charge is 0.0294 e. The molecule has 1 aliphatic rings. The molecular weight excluding hydrogens is 264 g/mol. The summed E-state index contributed by atoms with van der Waals surface area (Å²) in [5.41, 5.74) is 1.36. The number of hydrogen-bond donors (Lipinski definition) is 1. The molecular formula is C13H19BrN2. The van der Waals surface area contributed by atoms with Gasteiger partial charge >= 0.3 is 0 Å². The van der Waals surface area contributed by atoms with Crippen LogP contribution in [0.3, 0.4) is 0 Å². The van der Waals surface area contributed by atoms with E-state index < -0.39 is 0 Å². The minimum atomic E-state index is 0.435. The Balaban J connectivity index is 1.92. The third-order valence-electron chi connectivity index (χ3n) is 3.25. The van der Waals surface area contributed by atoms with E-state index in [0.717, 1.165) is 4.47 Å². The van der Waals surface area contributed by atoms with Crippen molar-refractivity contribution in [2.75, 3.05) is 20.1 Å². The molecule has 0 radical (unpaired) electrons. The van der Waals surface area contributed by atoms with Crippen molar-refractivity contribution in [3.63, 3.8) is 0 Å². The number of likely N-dealkylation sites (N-methyl/N-ethyl adjacent to an activating group) is 1. The van der Waals surface area contributed by atoms with Crippen LogP contribution in [0.2, 0.25) is 0 Å². The van der Waals surface area contributed by atoms with Crippen molar-refractivity contribution in [2.45, 2.75) is 25.4 Å². The van der Waals surface area contributed by atoms with E-state index in [1.807, 2.05) is 0 Å². The second-order valence-electron chi connectivity index (χ2n) is 4.69. The summed E-state index contributed by atoms with van der Waals surface area (Å²) in [6.07, 6.45) is 1.26. The van der Waals surface area contributed by atoms with E-state index in [9.17, 15) is 0 Å². The van der Waals surface area contributed by atoms with Gasteiger partial charge in [0.1, 0.15) is 0 Å². The van der Waals surface area contributed by atoms with Crippen LogP contribution in [0.5, 0.6) is 0 Å². The van der Waals surface area contributed by atoms with Crippen LogP contribution >= 0.6 is 15.9 Å². The van der Waals surface area contributed by atoms with Crippen molar-refractivity contribution < 1.29 is 0 Å². The summed E-state index contributed by atoms with van der Waals surface area (Å²) in [5.74, 6) is 0. The zero-order valence-corrected chi connectivity index (χ0v) is 11.5. The molecule has 1 aliphatic heterocycles. The normalized spacial score (nSPS) is 23.6. The molecule has 1 aromatic rings. The van der Waals surface area contributed by atoms with Crippen LogP contribution in [0.1, 0.15) is 24.9 Å². The van der Waals surface area contributed by atoms with Gasteiger partial charge in [0, 0.05) is 23.1 Å². The SMILES string of the molecule is C[C@@H](NC1CCN(C)C1)c1ccc(Br)cc1. The predicted molar refractivity (Wildman–Crippen MR) is 71.6 cm³/mol. The van der Waals surface area contributed by atoms with E-state index in [1.165, 1.54) is 25.1 Å². The van der Waals surface area contributed by atoms with Gasteiger partial charge in [-0.1, -0.05) is 28.1 Å². The summed E-state index contributed by atoms with van der Waals surface area (Å²) in [4.78, 5) is 2.38. The minimum Gasteiger partial charge on any atom is -0.306 e. The standard InChI is InChI=1S/C13H19BrN2/c1-10(11-3-5-12(14)6-4-11)15-13-7-8-16(2)9-13/h3-6,10,13,15H,7-9H2,1-2H3/t10-,13?/m1/s1. The van der Waals surface area contributed by atoms with Crippen molar-refractivity contribution in [3.8, 4) is 0 Å². The monoisotopic (exact) mass is 282 g/mol. The Morgan fingerprint density at radius 2 is 2.06 bits per heavy atom. The van der Waals surface area contributed by atoms with Crippen LogP contribution < -0.4 is 5.32 Å². The zero-order chi connectivity index (χ0) is 11.5. The van der Waals surface area contributed by atoms with Gasteiger partial charge in [-0.3, -0.25) is 0 Å². The maximum atomic E-state index is 3.69. The van der Waals surface area contributed by atoms with Crippen molar-refractivity contribution in [1.29, 1.82) is 0 Å². The average molecular weight is 283 g/mol. The topological polar surface area (TPSA) is 15.3 Å². The average Bonchev–Trinajstić information content (AvgIpc) is 2.65. The molecule has 2 rings (SSSR count). The van der Waals surface area contributed by atoms with Crippen LogP contribution in [0.15, 0.2) is 28.7 Å². The lowest BCUT2D eigenvalue weighted by molar-refractivity contribution is 0.387. The second-order valence-corrected chi connectivity index (χ2v) is 5.60. The molecule has 1 aromatic carbocycles. The molecule has 0 amide bonds. The van der Waals surface area contributed by atoms with Gasteiger partial charge in [0.2, 0.25) is 0 Å². The quantitative estimate of drug-likeness (QED) is 0.917. The van der Waals surface area contributed by atoms with Crippen LogP contribution in [0.4, 0.5) is 0 Å². The van der Waals surface area contributed by atoms with E-state index >= 15 is 0 Å². The first-order valence-corrected chi connectivity index (χ1v) is 6.64. The van der Waals surface area contributed by atoms with Crippen molar-refractivity contribution in [1.82, 2.24) is 10.2 Å². The molecule has 2 nitrogen and oxygen atoms in total. The first-order chi connectivity index (χ1) is 7.65. The first kappa shape index (κ1) is 12.1. The fraction of sp³-hybridized carbons (Fsp3) is 0.538. The number of likely N-dealkylation sites (tertiary alicyclic amines) is 1. The summed E-state index contributed by atoms with van der Waals surface area (Å²) >= 11 is 3.46. The van der Waals surface area contributed by atoms with Crippen LogP contribution in [0, 0.1) is 0 Å². The van der Waals surface area contributed by atoms with Gasteiger partial charge < -0.3 is 10.2 Å².